The zero-order valence-corrected chi connectivity index (χ0v) is 21.3. The number of carbonyl (C=O) groups excluding carboxylic acids is 1. The summed E-state index contributed by atoms with van der Waals surface area (Å²) in [4.78, 5) is 18.1. The zero-order chi connectivity index (χ0) is 24.5. The quantitative estimate of drug-likeness (QED) is 0.272. The molecule has 35 heavy (non-hydrogen) atoms. The van der Waals surface area contributed by atoms with Gasteiger partial charge in [-0.3, -0.25) is 4.79 Å². The van der Waals surface area contributed by atoms with Crippen LogP contribution in [0.1, 0.15) is 29.9 Å². The van der Waals surface area contributed by atoms with Gasteiger partial charge in [0.15, 0.2) is 4.67 Å². The molecule has 1 atom stereocenters. The molecular formula is C25H21BrFN5O2S. The minimum Gasteiger partial charge on any atom is -0.452 e. The van der Waals surface area contributed by atoms with Gasteiger partial charge in [0.25, 0.3) is 5.91 Å². The Kier molecular flexibility index (Phi) is 6.48. The van der Waals surface area contributed by atoms with Crippen molar-refractivity contribution in [2.24, 2.45) is 0 Å². The average Bonchev–Trinajstić information content (AvgIpc) is 3.43. The van der Waals surface area contributed by atoms with E-state index in [-0.39, 0.29) is 11.7 Å². The van der Waals surface area contributed by atoms with Crippen molar-refractivity contribution in [3.8, 4) is 0 Å². The molecule has 5 rings (SSSR count). The van der Waals surface area contributed by atoms with E-state index in [0.717, 1.165) is 5.56 Å². The van der Waals surface area contributed by atoms with Gasteiger partial charge in [-0.15, -0.1) is 5.10 Å². The largest absolute Gasteiger partial charge is 0.452 e. The molecule has 0 saturated heterocycles. The summed E-state index contributed by atoms with van der Waals surface area (Å²) in [6, 6.07) is 17.1. The third kappa shape index (κ3) is 4.89. The van der Waals surface area contributed by atoms with Crippen LogP contribution in [0.3, 0.4) is 0 Å². The summed E-state index contributed by atoms with van der Waals surface area (Å²) in [6.07, 6.45) is 0. The normalized spacial score (nSPS) is 15.0. The number of anilines is 2. The van der Waals surface area contributed by atoms with E-state index in [1.54, 1.807) is 35.0 Å². The molecule has 1 aliphatic rings. The molecule has 0 fully saturated rings. The number of halogens is 2. The minimum atomic E-state index is -0.641. The highest BCUT2D eigenvalue weighted by molar-refractivity contribution is 9.10. The Morgan fingerprint density at radius 3 is 2.77 bits per heavy atom. The number of hydrogen-bond donors (Lipinski definition) is 2. The smallest absolute Gasteiger partial charge is 0.256 e. The number of thioether (sulfide) groups is 1. The zero-order valence-electron chi connectivity index (χ0n) is 18.9. The van der Waals surface area contributed by atoms with E-state index >= 15 is 0 Å². The van der Waals surface area contributed by atoms with Crippen molar-refractivity contribution < 1.29 is 13.6 Å². The Morgan fingerprint density at radius 2 is 2.03 bits per heavy atom. The predicted molar refractivity (Wildman–Crippen MR) is 137 cm³/mol. The maximum atomic E-state index is 14.1. The van der Waals surface area contributed by atoms with Crippen molar-refractivity contribution in [3.63, 3.8) is 0 Å². The number of rotatable bonds is 6. The molecule has 0 bridgehead atoms. The van der Waals surface area contributed by atoms with Crippen molar-refractivity contribution in [3.05, 3.63) is 99.3 Å². The first-order chi connectivity index (χ1) is 16.9. The number of carbonyl (C=O) groups is 1. The fourth-order valence-corrected chi connectivity index (χ4v) is 5.04. The number of allylic oxidation sites excluding steroid dienone is 1. The van der Waals surface area contributed by atoms with E-state index in [4.69, 9.17) is 4.42 Å². The Hall–Kier alpha value is -3.37. The molecule has 10 heteroatoms. The summed E-state index contributed by atoms with van der Waals surface area (Å²) < 4.78 is 22.1. The highest BCUT2D eigenvalue weighted by atomic mass is 79.9. The summed E-state index contributed by atoms with van der Waals surface area (Å²) in [7, 11) is 0. The second-order valence-corrected chi connectivity index (χ2v) is 9.80. The molecule has 1 aliphatic heterocycles. The maximum absolute atomic E-state index is 14.1. The van der Waals surface area contributed by atoms with Gasteiger partial charge in [-0.05, 0) is 71.2 Å². The lowest BCUT2D eigenvalue weighted by atomic mass is 10.00. The Morgan fingerprint density at radius 1 is 1.20 bits per heavy atom. The van der Waals surface area contributed by atoms with Gasteiger partial charge in [-0.2, -0.15) is 4.98 Å². The van der Waals surface area contributed by atoms with Crippen LogP contribution in [-0.2, 0) is 10.5 Å². The topological polar surface area (TPSA) is 85.0 Å². The molecule has 0 spiro atoms. The van der Waals surface area contributed by atoms with E-state index in [9.17, 15) is 9.18 Å². The highest BCUT2D eigenvalue weighted by Crippen LogP contribution is 2.38. The van der Waals surface area contributed by atoms with Crippen molar-refractivity contribution in [2.45, 2.75) is 30.8 Å². The van der Waals surface area contributed by atoms with Crippen molar-refractivity contribution in [1.82, 2.24) is 14.8 Å². The van der Waals surface area contributed by atoms with Gasteiger partial charge < -0.3 is 15.1 Å². The van der Waals surface area contributed by atoms with Crippen molar-refractivity contribution in [1.29, 1.82) is 0 Å². The molecule has 3 heterocycles. The van der Waals surface area contributed by atoms with E-state index in [1.807, 2.05) is 38.1 Å². The predicted octanol–water partition coefficient (Wildman–Crippen LogP) is 6.30. The summed E-state index contributed by atoms with van der Waals surface area (Å²) in [5.74, 6) is 0.833. The third-order valence-corrected chi connectivity index (χ3v) is 6.84. The van der Waals surface area contributed by atoms with Gasteiger partial charge in [-0.25, -0.2) is 9.07 Å². The number of nitrogens with one attached hydrogen (secondary N) is 2. The minimum absolute atomic E-state index is 0.270. The molecule has 0 radical (unpaired) electrons. The number of aryl methyl sites for hydroxylation is 1. The van der Waals surface area contributed by atoms with E-state index in [1.165, 1.54) is 17.8 Å². The van der Waals surface area contributed by atoms with Crippen LogP contribution < -0.4 is 10.6 Å². The first-order valence-corrected chi connectivity index (χ1v) is 12.6. The number of nitrogens with zero attached hydrogens (tertiary/aromatic N) is 3. The first kappa shape index (κ1) is 23.4. The third-order valence-electron chi connectivity index (χ3n) is 5.53. The van der Waals surface area contributed by atoms with E-state index in [2.05, 4.69) is 36.6 Å². The number of amides is 1. The second kappa shape index (κ2) is 9.71. The molecular weight excluding hydrogens is 533 g/mol. The van der Waals surface area contributed by atoms with Crippen LogP contribution in [0, 0.1) is 12.7 Å². The summed E-state index contributed by atoms with van der Waals surface area (Å²) in [6.45, 7) is 3.79. The fraction of sp³-hybridized carbons (Fsp3) is 0.160. The van der Waals surface area contributed by atoms with Gasteiger partial charge in [0.05, 0.1) is 5.57 Å². The lowest BCUT2D eigenvalue weighted by Gasteiger charge is -2.27. The molecule has 178 valence electrons. The molecule has 1 unspecified atom stereocenters. The summed E-state index contributed by atoms with van der Waals surface area (Å²) in [5, 5.41) is 11.3. The molecule has 1 amide bonds. The summed E-state index contributed by atoms with van der Waals surface area (Å²) in [5.41, 5.74) is 3.39. The van der Waals surface area contributed by atoms with Crippen LogP contribution in [0.25, 0.3) is 0 Å². The molecule has 7 nitrogen and oxygen atoms in total. The lowest BCUT2D eigenvalue weighted by Crippen LogP contribution is -2.31. The van der Waals surface area contributed by atoms with Crippen molar-refractivity contribution in [2.75, 3.05) is 10.6 Å². The number of hydrogen-bond acceptors (Lipinski definition) is 6. The maximum Gasteiger partial charge on any atom is 0.256 e. The van der Waals surface area contributed by atoms with Crippen LogP contribution in [0.15, 0.2) is 86.2 Å². The molecule has 0 aliphatic carbocycles. The van der Waals surface area contributed by atoms with Gasteiger partial charge in [0.2, 0.25) is 11.1 Å². The number of benzene rings is 2. The molecule has 4 aromatic rings. The van der Waals surface area contributed by atoms with Crippen LogP contribution in [-0.4, -0.2) is 20.7 Å². The van der Waals surface area contributed by atoms with Crippen LogP contribution >= 0.6 is 27.7 Å². The number of fused-ring (bicyclic) bond motifs is 1. The average molecular weight is 554 g/mol. The Labute approximate surface area is 214 Å². The van der Waals surface area contributed by atoms with Crippen LogP contribution in [0.2, 0.25) is 0 Å². The molecule has 0 saturated carbocycles. The Bertz CT molecular complexity index is 1450. The highest BCUT2D eigenvalue weighted by Gasteiger charge is 2.36. The SMILES string of the molecule is CC1=C(C(=O)Nc2cccc(C)c2)C(c2ccc(Br)o2)n2nc(SCc3ccccc3F)nc2N1. The second-order valence-electron chi connectivity index (χ2n) is 8.07. The van der Waals surface area contributed by atoms with E-state index < -0.39 is 6.04 Å². The standard InChI is InChI=1S/C25H21BrFN5O2S/c1-14-6-5-8-17(12-14)29-23(33)21-15(2)28-24-30-25(35-13-16-7-3-4-9-18(16)27)31-32(24)22(21)19-10-11-20(26)34-19/h3-12,22H,13H2,1-2H3,(H,29,33)(H,28,30,31). The number of furan rings is 1. The first-order valence-electron chi connectivity index (χ1n) is 10.8. The van der Waals surface area contributed by atoms with Crippen molar-refractivity contribution >= 4 is 45.2 Å². The van der Waals surface area contributed by atoms with Gasteiger partial charge in [0, 0.05) is 17.1 Å². The Balaban J connectivity index is 1.48. The molecule has 2 aromatic heterocycles. The fourth-order valence-electron chi connectivity index (χ4n) is 3.90. The summed E-state index contributed by atoms with van der Waals surface area (Å²) >= 11 is 4.67. The van der Waals surface area contributed by atoms with Gasteiger partial charge in [-0.1, -0.05) is 42.1 Å². The molecule has 2 N–H and O–H groups in total. The van der Waals surface area contributed by atoms with Gasteiger partial charge in [0.1, 0.15) is 17.6 Å². The van der Waals surface area contributed by atoms with Gasteiger partial charge >= 0.3 is 0 Å². The van der Waals surface area contributed by atoms with Crippen LogP contribution in [0.5, 0.6) is 0 Å². The lowest BCUT2D eigenvalue weighted by molar-refractivity contribution is -0.113. The number of aromatic nitrogens is 3. The molecule has 2 aromatic carbocycles. The monoisotopic (exact) mass is 553 g/mol. The van der Waals surface area contributed by atoms with E-state index in [0.29, 0.717) is 49.8 Å². The van der Waals surface area contributed by atoms with Crippen LogP contribution in [0.4, 0.5) is 16.0 Å².